The first-order valence-corrected chi connectivity index (χ1v) is 11.4. The van der Waals surface area contributed by atoms with Gasteiger partial charge in [-0.3, -0.25) is 14.2 Å². The highest BCUT2D eigenvalue weighted by Crippen LogP contribution is 2.16. The number of nitrogens with zero attached hydrogens (tertiary/aromatic N) is 4. The fourth-order valence-corrected chi connectivity index (χ4v) is 4.01. The number of rotatable bonds is 7. The van der Waals surface area contributed by atoms with Crippen LogP contribution in [0.5, 0.6) is 0 Å². The maximum atomic E-state index is 13.4. The molecule has 0 aliphatic heterocycles. The van der Waals surface area contributed by atoms with Gasteiger partial charge < -0.3 is 5.32 Å². The van der Waals surface area contributed by atoms with Gasteiger partial charge in [-0.25, -0.2) is 13.9 Å². The van der Waals surface area contributed by atoms with E-state index in [9.17, 15) is 14.4 Å². The van der Waals surface area contributed by atoms with E-state index in [2.05, 4.69) is 10.4 Å². The molecule has 9 heteroatoms. The van der Waals surface area contributed by atoms with Gasteiger partial charge in [-0.1, -0.05) is 44.5 Å². The molecule has 2 aromatic heterocycles. The van der Waals surface area contributed by atoms with Crippen molar-refractivity contribution in [2.75, 3.05) is 6.54 Å². The average Bonchev–Trinajstić information content (AvgIpc) is 3.10. The quantitative estimate of drug-likeness (QED) is 0.451. The lowest BCUT2D eigenvalue weighted by Crippen LogP contribution is -2.29. The lowest BCUT2D eigenvalue weighted by molar-refractivity contribution is 0.0949. The summed E-state index contributed by atoms with van der Waals surface area (Å²) in [5.41, 5.74) is 0.928. The van der Waals surface area contributed by atoms with Gasteiger partial charge in [-0.05, 0) is 48.2 Å². The lowest BCUT2D eigenvalue weighted by Gasteiger charge is -2.11. The van der Waals surface area contributed by atoms with Crippen LogP contribution in [0.25, 0.3) is 16.7 Å². The van der Waals surface area contributed by atoms with Gasteiger partial charge in [0, 0.05) is 23.7 Å². The second-order valence-electron chi connectivity index (χ2n) is 8.50. The highest BCUT2D eigenvalue weighted by Gasteiger charge is 2.19. The largest absolute Gasteiger partial charge is 0.352 e. The van der Waals surface area contributed by atoms with E-state index in [0.717, 1.165) is 5.56 Å². The molecule has 0 radical (unpaired) electrons. The summed E-state index contributed by atoms with van der Waals surface area (Å²) in [6.07, 6.45) is 0.701. The van der Waals surface area contributed by atoms with E-state index in [1.54, 1.807) is 30.3 Å². The van der Waals surface area contributed by atoms with E-state index in [0.29, 0.717) is 46.9 Å². The van der Waals surface area contributed by atoms with E-state index < -0.39 is 0 Å². The predicted molar refractivity (Wildman–Crippen MR) is 129 cm³/mol. The normalized spacial score (nSPS) is 11.5. The molecule has 0 bridgehead atoms. The molecule has 0 aliphatic rings. The zero-order chi connectivity index (χ0) is 23.7. The SMILES string of the molecule is CCCn1c(=O)c2ccc(C(=O)NCC(C)C)cc2n2c(=O)n(Cc3cccc(Cl)c3)nc12. The van der Waals surface area contributed by atoms with Gasteiger partial charge in [-0.15, -0.1) is 5.10 Å². The number of benzene rings is 2. The number of amides is 1. The molecule has 8 nitrogen and oxygen atoms in total. The van der Waals surface area contributed by atoms with E-state index in [1.807, 2.05) is 32.9 Å². The molecular formula is C24H26ClN5O3. The molecule has 1 N–H and O–H groups in total. The minimum Gasteiger partial charge on any atom is -0.352 e. The molecule has 4 rings (SSSR count). The van der Waals surface area contributed by atoms with Gasteiger partial charge in [0.05, 0.1) is 17.4 Å². The molecule has 0 spiro atoms. The Hall–Kier alpha value is -3.39. The van der Waals surface area contributed by atoms with E-state index in [-0.39, 0.29) is 29.5 Å². The van der Waals surface area contributed by atoms with Gasteiger partial charge in [-0.2, -0.15) is 0 Å². The highest BCUT2D eigenvalue weighted by atomic mass is 35.5. The Balaban J connectivity index is 1.92. The van der Waals surface area contributed by atoms with Crippen molar-refractivity contribution in [1.29, 1.82) is 0 Å². The summed E-state index contributed by atoms with van der Waals surface area (Å²) < 4.78 is 4.24. The number of hydrogen-bond acceptors (Lipinski definition) is 4. The first kappa shape index (κ1) is 22.8. The van der Waals surface area contributed by atoms with Crippen molar-refractivity contribution in [3.63, 3.8) is 0 Å². The third kappa shape index (κ3) is 4.43. The van der Waals surface area contributed by atoms with Gasteiger partial charge in [0.2, 0.25) is 5.78 Å². The summed E-state index contributed by atoms with van der Waals surface area (Å²) in [5.74, 6) is 0.298. The lowest BCUT2D eigenvalue weighted by atomic mass is 10.1. The minimum atomic E-state index is -0.389. The molecule has 4 aromatic rings. The third-order valence-corrected chi connectivity index (χ3v) is 5.61. The maximum absolute atomic E-state index is 13.4. The fraction of sp³-hybridized carbons (Fsp3) is 0.333. The molecule has 33 heavy (non-hydrogen) atoms. The second-order valence-corrected chi connectivity index (χ2v) is 8.93. The first-order chi connectivity index (χ1) is 15.8. The number of carbonyl (C=O) groups excluding carboxylic acids is 1. The number of hydrogen-bond donors (Lipinski definition) is 1. The van der Waals surface area contributed by atoms with Crippen LogP contribution < -0.4 is 16.6 Å². The standard InChI is InChI=1S/C24H26ClN5O3/c1-4-10-28-22(32)19-9-8-17(21(31)26-13-15(2)3)12-20(19)30-23(28)27-29(24(30)33)14-16-6-5-7-18(25)11-16/h5-9,11-12,15H,4,10,13-14H2,1-3H3,(H,26,31). The predicted octanol–water partition coefficient (Wildman–Crippen LogP) is 3.31. The Bertz CT molecular complexity index is 1460. The van der Waals surface area contributed by atoms with Crippen molar-refractivity contribution < 1.29 is 4.79 Å². The second kappa shape index (κ2) is 9.23. The number of aryl methyl sites for hydroxylation is 1. The van der Waals surface area contributed by atoms with Crippen LogP contribution >= 0.6 is 11.6 Å². The Morgan fingerprint density at radius 3 is 2.64 bits per heavy atom. The van der Waals surface area contributed by atoms with Gasteiger partial charge >= 0.3 is 5.69 Å². The zero-order valence-electron chi connectivity index (χ0n) is 18.8. The fourth-order valence-electron chi connectivity index (χ4n) is 3.79. The van der Waals surface area contributed by atoms with Crippen molar-refractivity contribution >= 4 is 34.2 Å². The van der Waals surface area contributed by atoms with E-state index >= 15 is 0 Å². The van der Waals surface area contributed by atoms with Crippen LogP contribution in [0.1, 0.15) is 43.1 Å². The minimum absolute atomic E-state index is 0.206. The van der Waals surface area contributed by atoms with Gasteiger partial charge in [0.15, 0.2) is 0 Å². The monoisotopic (exact) mass is 467 g/mol. The van der Waals surface area contributed by atoms with Crippen LogP contribution in [0, 0.1) is 5.92 Å². The topological polar surface area (TPSA) is 90.4 Å². The summed E-state index contributed by atoms with van der Waals surface area (Å²) in [7, 11) is 0. The maximum Gasteiger partial charge on any atom is 0.352 e. The number of halogens is 1. The van der Waals surface area contributed by atoms with Crippen molar-refractivity contribution in [1.82, 2.24) is 24.1 Å². The molecule has 0 fully saturated rings. The Morgan fingerprint density at radius 2 is 1.94 bits per heavy atom. The van der Waals surface area contributed by atoms with Crippen molar-refractivity contribution in [2.24, 2.45) is 5.92 Å². The molecule has 0 saturated heterocycles. The summed E-state index contributed by atoms with van der Waals surface area (Å²) in [4.78, 5) is 39.3. The molecule has 0 unspecified atom stereocenters. The van der Waals surface area contributed by atoms with Crippen molar-refractivity contribution in [2.45, 2.75) is 40.3 Å². The smallest absolute Gasteiger partial charge is 0.352 e. The van der Waals surface area contributed by atoms with Gasteiger partial charge in [0.1, 0.15) is 0 Å². The molecule has 1 amide bonds. The highest BCUT2D eigenvalue weighted by molar-refractivity contribution is 6.30. The summed E-state index contributed by atoms with van der Waals surface area (Å²) >= 11 is 6.09. The van der Waals surface area contributed by atoms with Crippen LogP contribution in [-0.4, -0.2) is 31.2 Å². The zero-order valence-corrected chi connectivity index (χ0v) is 19.6. The first-order valence-electron chi connectivity index (χ1n) is 11.0. The number of nitrogens with one attached hydrogen (secondary N) is 1. The van der Waals surface area contributed by atoms with Crippen LogP contribution in [0.4, 0.5) is 0 Å². The number of carbonyl (C=O) groups is 1. The molecular weight excluding hydrogens is 442 g/mol. The summed E-state index contributed by atoms with van der Waals surface area (Å²) in [6, 6.07) is 12.0. The summed E-state index contributed by atoms with van der Waals surface area (Å²) in [6.45, 7) is 7.13. The molecule has 172 valence electrons. The Labute approximate surface area is 195 Å². The van der Waals surface area contributed by atoms with E-state index in [4.69, 9.17) is 11.6 Å². The van der Waals surface area contributed by atoms with Crippen LogP contribution in [0.2, 0.25) is 5.02 Å². The molecule has 0 saturated carbocycles. The third-order valence-electron chi connectivity index (χ3n) is 5.38. The van der Waals surface area contributed by atoms with Crippen LogP contribution in [0.15, 0.2) is 52.1 Å². The Kier molecular flexibility index (Phi) is 6.37. The molecule has 2 heterocycles. The van der Waals surface area contributed by atoms with Gasteiger partial charge in [0.25, 0.3) is 11.5 Å². The Morgan fingerprint density at radius 1 is 1.15 bits per heavy atom. The molecule has 2 aromatic carbocycles. The van der Waals surface area contributed by atoms with Crippen molar-refractivity contribution in [3.05, 3.63) is 79.5 Å². The van der Waals surface area contributed by atoms with Crippen molar-refractivity contribution in [3.8, 4) is 0 Å². The number of fused-ring (bicyclic) bond motifs is 3. The number of aromatic nitrogens is 4. The summed E-state index contributed by atoms with van der Waals surface area (Å²) in [5, 5.41) is 8.29. The molecule has 0 aliphatic carbocycles. The average molecular weight is 468 g/mol. The molecule has 0 atom stereocenters. The van der Waals surface area contributed by atoms with Crippen LogP contribution in [0.3, 0.4) is 0 Å². The van der Waals surface area contributed by atoms with Crippen LogP contribution in [-0.2, 0) is 13.1 Å². The van der Waals surface area contributed by atoms with E-state index in [1.165, 1.54) is 13.6 Å².